The van der Waals surface area contributed by atoms with Crippen molar-refractivity contribution in [2.24, 2.45) is 5.10 Å². The number of aliphatic hydroxyl groups excluding tert-OH is 1. The number of hydrogen-bond acceptors (Lipinski definition) is 4. The van der Waals surface area contributed by atoms with E-state index in [0.29, 0.717) is 9.13 Å². The number of phenols is 1. The van der Waals surface area contributed by atoms with Crippen LogP contribution in [-0.4, -0.2) is 22.3 Å². The Balaban J connectivity index is 1.97. The van der Waals surface area contributed by atoms with E-state index in [9.17, 15) is 15.0 Å². The summed E-state index contributed by atoms with van der Waals surface area (Å²) >= 11 is 1.99. The summed E-state index contributed by atoms with van der Waals surface area (Å²) in [5.74, 6) is -0.415. The molecule has 0 aliphatic carbocycles. The van der Waals surface area contributed by atoms with Crippen LogP contribution in [0.15, 0.2) is 53.6 Å². The van der Waals surface area contributed by atoms with Crippen LogP contribution in [0.1, 0.15) is 17.2 Å². The van der Waals surface area contributed by atoms with E-state index in [0.717, 1.165) is 5.56 Å². The van der Waals surface area contributed by atoms with Crippen LogP contribution in [0.4, 0.5) is 0 Å². The quantitative estimate of drug-likeness (QED) is 0.421. The Labute approximate surface area is 135 Å². The van der Waals surface area contributed by atoms with Crippen LogP contribution in [0, 0.1) is 3.57 Å². The first kappa shape index (κ1) is 15.5. The zero-order valence-electron chi connectivity index (χ0n) is 10.9. The molecule has 1 atom stereocenters. The van der Waals surface area contributed by atoms with Gasteiger partial charge in [0.1, 0.15) is 5.75 Å². The summed E-state index contributed by atoms with van der Waals surface area (Å²) < 4.78 is 0.687. The van der Waals surface area contributed by atoms with Crippen LogP contribution >= 0.6 is 22.6 Å². The van der Waals surface area contributed by atoms with Crippen molar-refractivity contribution in [1.82, 2.24) is 5.43 Å². The molecular formula is C15H13IN2O3. The fourth-order valence-electron chi connectivity index (χ4n) is 1.62. The van der Waals surface area contributed by atoms with Gasteiger partial charge in [0.05, 0.1) is 9.78 Å². The predicted molar refractivity (Wildman–Crippen MR) is 88.0 cm³/mol. The van der Waals surface area contributed by atoms with Crippen molar-refractivity contribution in [3.63, 3.8) is 0 Å². The van der Waals surface area contributed by atoms with E-state index >= 15 is 0 Å². The van der Waals surface area contributed by atoms with Gasteiger partial charge in [-0.05, 0) is 51.9 Å². The maximum Gasteiger partial charge on any atom is 0.273 e. The van der Waals surface area contributed by atoms with Gasteiger partial charge in [0.25, 0.3) is 5.91 Å². The number of halogens is 1. The van der Waals surface area contributed by atoms with Gasteiger partial charge < -0.3 is 10.2 Å². The second-order valence-corrected chi connectivity index (χ2v) is 5.42. The summed E-state index contributed by atoms with van der Waals surface area (Å²) in [7, 11) is 0. The highest BCUT2D eigenvalue weighted by Gasteiger charge is 2.15. The minimum atomic E-state index is -1.26. The first-order valence-electron chi connectivity index (χ1n) is 6.12. The molecule has 0 aliphatic heterocycles. The third-order valence-electron chi connectivity index (χ3n) is 2.72. The number of nitrogens with zero attached hydrogens (tertiary/aromatic N) is 1. The number of aromatic hydroxyl groups is 1. The van der Waals surface area contributed by atoms with E-state index in [1.54, 1.807) is 48.5 Å². The molecule has 0 aliphatic rings. The van der Waals surface area contributed by atoms with Gasteiger partial charge >= 0.3 is 0 Å². The maximum atomic E-state index is 11.7. The minimum absolute atomic E-state index is 0.191. The van der Waals surface area contributed by atoms with Crippen LogP contribution in [0.25, 0.3) is 0 Å². The Morgan fingerprint density at radius 2 is 1.95 bits per heavy atom. The Morgan fingerprint density at radius 3 is 2.62 bits per heavy atom. The fourth-order valence-corrected chi connectivity index (χ4v) is 2.16. The molecule has 0 unspecified atom stereocenters. The molecule has 1 amide bonds. The molecule has 0 radical (unpaired) electrons. The summed E-state index contributed by atoms with van der Waals surface area (Å²) in [6.07, 6.45) is 0.181. The molecule has 0 saturated heterocycles. The number of amides is 1. The number of hydrazone groups is 1. The van der Waals surface area contributed by atoms with Crippen LogP contribution in [0.3, 0.4) is 0 Å². The standard InChI is InChI=1S/C15H13IN2O3/c16-12-8-10(6-7-13(12)19)9-17-18-15(21)14(20)11-4-2-1-3-5-11/h1-9,14,19-20H,(H,18,21)/b17-9-/t14-/m0/s1. The molecule has 0 aromatic heterocycles. The average Bonchev–Trinajstić information content (AvgIpc) is 2.51. The van der Waals surface area contributed by atoms with E-state index in [4.69, 9.17) is 0 Å². The van der Waals surface area contributed by atoms with Crippen molar-refractivity contribution < 1.29 is 15.0 Å². The lowest BCUT2D eigenvalue weighted by atomic mass is 10.1. The van der Waals surface area contributed by atoms with Crippen LogP contribution in [-0.2, 0) is 4.79 Å². The number of carbonyl (C=O) groups is 1. The van der Waals surface area contributed by atoms with Gasteiger partial charge in [-0.1, -0.05) is 30.3 Å². The van der Waals surface area contributed by atoms with Crippen LogP contribution < -0.4 is 5.43 Å². The zero-order valence-corrected chi connectivity index (χ0v) is 13.1. The molecule has 0 heterocycles. The van der Waals surface area contributed by atoms with Gasteiger partial charge in [-0.25, -0.2) is 5.43 Å². The largest absolute Gasteiger partial charge is 0.507 e. The molecule has 108 valence electrons. The number of aliphatic hydroxyl groups is 1. The van der Waals surface area contributed by atoms with E-state index < -0.39 is 12.0 Å². The average molecular weight is 396 g/mol. The van der Waals surface area contributed by atoms with Gasteiger partial charge in [0.15, 0.2) is 6.10 Å². The van der Waals surface area contributed by atoms with E-state index in [2.05, 4.69) is 10.5 Å². The number of rotatable bonds is 4. The first-order chi connectivity index (χ1) is 10.1. The van der Waals surface area contributed by atoms with E-state index in [1.165, 1.54) is 6.21 Å². The van der Waals surface area contributed by atoms with E-state index in [-0.39, 0.29) is 5.75 Å². The Morgan fingerprint density at radius 1 is 1.24 bits per heavy atom. The van der Waals surface area contributed by atoms with Gasteiger partial charge in [0, 0.05) is 0 Å². The molecule has 0 bridgehead atoms. The number of carbonyl (C=O) groups excluding carboxylic acids is 1. The van der Waals surface area contributed by atoms with Crippen LogP contribution in [0.2, 0.25) is 0 Å². The molecular weight excluding hydrogens is 383 g/mol. The molecule has 2 rings (SSSR count). The highest BCUT2D eigenvalue weighted by molar-refractivity contribution is 14.1. The third kappa shape index (κ3) is 4.27. The topological polar surface area (TPSA) is 81.9 Å². The zero-order chi connectivity index (χ0) is 15.2. The molecule has 2 aromatic carbocycles. The Bertz CT molecular complexity index is 659. The molecule has 3 N–H and O–H groups in total. The summed E-state index contributed by atoms with van der Waals surface area (Å²) in [5.41, 5.74) is 3.51. The molecule has 5 nitrogen and oxygen atoms in total. The Kier molecular flexibility index (Phi) is 5.29. The summed E-state index contributed by atoms with van der Waals surface area (Å²) in [4.78, 5) is 11.7. The highest BCUT2D eigenvalue weighted by Crippen LogP contribution is 2.19. The smallest absolute Gasteiger partial charge is 0.273 e. The predicted octanol–water partition coefficient (Wildman–Crippen LogP) is 2.18. The second-order valence-electron chi connectivity index (χ2n) is 4.26. The maximum absolute atomic E-state index is 11.7. The van der Waals surface area contributed by atoms with Crippen LogP contribution in [0.5, 0.6) is 5.75 Å². The number of hydrogen-bond donors (Lipinski definition) is 3. The van der Waals surface area contributed by atoms with Gasteiger partial charge in [0.2, 0.25) is 0 Å². The van der Waals surface area contributed by atoms with Crippen molar-refractivity contribution in [3.8, 4) is 5.75 Å². The summed E-state index contributed by atoms with van der Waals surface area (Å²) in [6, 6.07) is 13.6. The lowest BCUT2D eigenvalue weighted by Gasteiger charge is -2.08. The van der Waals surface area contributed by atoms with Crippen molar-refractivity contribution in [3.05, 3.63) is 63.2 Å². The van der Waals surface area contributed by atoms with Gasteiger partial charge in [-0.2, -0.15) is 5.10 Å². The summed E-state index contributed by atoms with van der Waals surface area (Å²) in [6.45, 7) is 0. The molecule has 6 heteroatoms. The minimum Gasteiger partial charge on any atom is -0.507 e. The third-order valence-corrected chi connectivity index (χ3v) is 3.59. The first-order valence-corrected chi connectivity index (χ1v) is 7.20. The number of nitrogens with one attached hydrogen (secondary N) is 1. The van der Waals surface area contributed by atoms with Crippen molar-refractivity contribution in [2.45, 2.75) is 6.10 Å². The molecule has 0 spiro atoms. The molecule has 2 aromatic rings. The van der Waals surface area contributed by atoms with Gasteiger partial charge in [-0.3, -0.25) is 4.79 Å². The molecule has 21 heavy (non-hydrogen) atoms. The Hall–Kier alpha value is -1.93. The fraction of sp³-hybridized carbons (Fsp3) is 0.0667. The summed E-state index contributed by atoms with van der Waals surface area (Å²) in [5, 5.41) is 23.0. The molecule has 0 fully saturated rings. The lowest BCUT2D eigenvalue weighted by Crippen LogP contribution is -2.25. The normalized spacial score (nSPS) is 12.3. The second kappa shape index (κ2) is 7.19. The SMILES string of the molecule is O=C(N/N=C\c1ccc(O)c(I)c1)[C@@H](O)c1ccccc1. The van der Waals surface area contributed by atoms with Crippen molar-refractivity contribution in [1.29, 1.82) is 0 Å². The monoisotopic (exact) mass is 396 g/mol. The van der Waals surface area contributed by atoms with Crippen molar-refractivity contribution in [2.75, 3.05) is 0 Å². The van der Waals surface area contributed by atoms with Crippen molar-refractivity contribution >= 4 is 34.7 Å². The number of phenolic OH excluding ortho intramolecular Hbond substituents is 1. The number of benzene rings is 2. The lowest BCUT2D eigenvalue weighted by molar-refractivity contribution is -0.129. The highest BCUT2D eigenvalue weighted by atomic mass is 127. The molecule has 0 saturated carbocycles. The van der Waals surface area contributed by atoms with E-state index in [1.807, 2.05) is 22.6 Å². The van der Waals surface area contributed by atoms with Gasteiger partial charge in [-0.15, -0.1) is 0 Å².